The van der Waals surface area contributed by atoms with Gasteiger partial charge >= 0.3 is 0 Å². The molecule has 0 spiro atoms. The normalized spacial score (nSPS) is 17.5. The van der Waals surface area contributed by atoms with Crippen LogP contribution in [0.25, 0.3) is 0 Å². The lowest BCUT2D eigenvalue weighted by Gasteiger charge is -1.69. The van der Waals surface area contributed by atoms with Gasteiger partial charge in [-0.2, -0.15) is 0 Å². The Morgan fingerprint density at radius 3 is 2.33 bits per heavy atom. The predicted molar refractivity (Wildman–Crippen MR) is 26.1 cm³/mol. The predicted octanol–water partition coefficient (Wildman–Crippen LogP) is 1.20. The van der Waals surface area contributed by atoms with Gasteiger partial charge in [0.15, 0.2) is 0 Å². The minimum absolute atomic E-state index is 0.468. The summed E-state index contributed by atoms with van der Waals surface area (Å²) in [4.78, 5) is 0. The smallest absolute Gasteiger partial charge is 0.0895 e. The Hall–Kier alpha value is -0.700. The molecule has 0 aliphatic heterocycles. The van der Waals surface area contributed by atoms with E-state index in [-0.39, 0.29) is 0 Å². The fourth-order valence-corrected chi connectivity index (χ4v) is 0.337. The molecule has 0 radical (unpaired) electrons. The van der Waals surface area contributed by atoms with Gasteiger partial charge in [-0.05, 0) is 6.92 Å². The molecule has 0 bridgehead atoms. The van der Waals surface area contributed by atoms with Crippen molar-refractivity contribution in [3.8, 4) is 11.8 Å². The summed E-state index contributed by atoms with van der Waals surface area (Å²) in [6.45, 7) is 2.00. The molecule has 0 heteroatoms. The fraction of sp³-hybridized carbons (Fsp3) is 0.333. The van der Waals surface area contributed by atoms with E-state index in [4.69, 9.17) is 0 Å². The molecule has 0 aromatic carbocycles. The number of hydrogen-bond acceptors (Lipinski definition) is 0. The lowest BCUT2D eigenvalue weighted by Crippen LogP contribution is -1.63. The first-order chi connectivity index (χ1) is 2.93. The highest BCUT2D eigenvalue weighted by Gasteiger charge is 2.00. The van der Waals surface area contributed by atoms with E-state index in [0.717, 1.165) is 0 Å². The van der Waals surface area contributed by atoms with Crippen LogP contribution in [0.15, 0.2) is 12.2 Å². The average Bonchev–Trinajstić information content (AvgIpc) is 2.21. The van der Waals surface area contributed by atoms with Crippen LogP contribution in [0.3, 0.4) is 0 Å². The third-order valence-corrected chi connectivity index (χ3v) is 0.696. The molecule has 0 heterocycles. The molecule has 0 fully saturated rings. The van der Waals surface area contributed by atoms with E-state index in [1.54, 1.807) is 0 Å². The van der Waals surface area contributed by atoms with Gasteiger partial charge in [-0.1, -0.05) is 24.0 Å². The van der Waals surface area contributed by atoms with Crippen molar-refractivity contribution in [1.82, 2.24) is 0 Å². The first-order valence-electron chi connectivity index (χ1n) is 2.07. The van der Waals surface area contributed by atoms with Gasteiger partial charge in [0.25, 0.3) is 0 Å². The molecule has 0 unspecified atom stereocenters. The Morgan fingerprint density at radius 1 is 1.50 bits per heavy atom. The lowest BCUT2D eigenvalue weighted by atomic mass is 10.3. The van der Waals surface area contributed by atoms with Crippen LogP contribution >= 0.6 is 0 Å². The van der Waals surface area contributed by atoms with Crippen molar-refractivity contribution in [2.24, 2.45) is 5.92 Å². The van der Waals surface area contributed by atoms with Gasteiger partial charge in [-0.3, -0.25) is 0 Å². The van der Waals surface area contributed by atoms with E-state index in [9.17, 15) is 0 Å². The van der Waals surface area contributed by atoms with Crippen LogP contribution < -0.4 is 0 Å². The summed E-state index contributed by atoms with van der Waals surface area (Å²) in [5.74, 6) is 6.26. The minimum Gasteiger partial charge on any atom is -0.0895 e. The molecule has 30 valence electrons. The number of allylic oxidation sites excluding steroid dienone is 2. The molecule has 0 saturated carbocycles. The Kier molecular flexibility index (Phi) is 0.686. The molecule has 0 aromatic rings. The Balaban J connectivity index is 2.20. The minimum atomic E-state index is 0.468. The topological polar surface area (TPSA) is 0 Å². The van der Waals surface area contributed by atoms with E-state index < -0.39 is 0 Å². The second-order valence-corrected chi connectivity index (χ2v) is 1.29. The van der Waals surface area contributed by atoms with E-state index in [1.807, 2.05) is 13.0 Å². The van der Waals surface area contributed by atoms with Gasteiger partial charge in [-0.25, -0.2) is 0 Å². The van der Waals surface area contributed by atoms with Crippen molar-refractivity contribution in [1.29, 1.82) is 0 Å². The van der Waals surface area contributed by atoms with E-state index in [0.29, 0.717) is 5.92 Å². The second kappa shape index (κ2) is 1.18. The summed E-state index contributed by atoms with van der Waals surface area (Å²) in [6, 6.07) is 0. The number of rotatable bonds is 1. The van der Waals surface area contributed by atoms with Crippen molar-refractivity contribution < 1.29 is 0 Å². The molecular formula is C6H6. The van der Waals surface area contributed by atoms with Crippen LogP contribution in [0.1, 0.15) is 6.92 Å². The van der Waals surface area contributed by atoms with Crippen LogP contribution in [-0.4, -0.2) is 0 Å². The van der Waals surface area contributed by atoms with Gasteiger partial charge in [0.1, 0.15) is 0 Å². The molecular weight excluding hydrogens is 72.1 g/mol. The molecule has 0 N–H and O–H groups in total. The van der Waals surface area contributed by atoms with Gasteiger partial charge in [0, 0.05) is 0 Å². The SMILES string of the molecule is CC=CC1C#C1. The first-order valence-corrected chi connectivity index (χ1v) is 2.07. The largest absolute Gasteiger partial charge is 0.0992 e. The van der Waals surface area contributed by atoms with E-state index in [2.05, 4.69) is 17.9 Å². The van der Waals surface area contributed by atoms with Gasteiger partial charge in [-0.15, -0.1) is 0 Å². The molecule has 0 saturated heterocycles. The van der Waals surface area contributed by atoms with Gasteiger partial charge < -0.3 is 0 Å². The van der Waals surface area contributed by atoms with Gasteiger partial charge in [0.05, 0.1) is 5.92 Å². The molecule has 1 rings (SSSR count). The molecule has 1 aliphatic rings. The van der Waals surface area contributed by atoms with Crippen LogP contribution in [0.2, 0.25) is 0 Å². The highest BCUT2D eigenvalue weighted by molar-refractivity contribution is 5.35. The third-order valence-electron chi connectivity index (χ3n) is 0.696. The highest BCUT2D eigenvalue weighted by atomic mass is 14.0. The summed E-state index contributed by atoms with van der Waals surface area (Å²) in [5, 5.41) is 0. The highest BCUT2D eigenvalue weighted by Crippen LogP contribution is 2.04. The van der Waals surface area contributed by atoms with Crippen molar-refractivity contribution in [2.45, 2.75) is 6.92 Å². The Labute approximate surface area is 37.9 Å². The molecule has 0 nitrogen and oxygen atoms in total. The standard InChI is InChI=1S/C6H6/c1-2-3-6-4-5-6/h2-3,6H,1H3. The summed E-state index contributed by atoms with van der Waals surface area (Å²) in [6.07, 6.45) is 4.07. The molecule has 6 heavy (non-hydrogen) atoms. The van der Waals surface area contributed by atoms with Crippen LogP contribution in [0.4, 0.5) is 0 Å². The maximum absolute atomic E-state index is 2.90. The second-order valence-electron chi connectivity index (χ2n) is 1.29. The Morgan fingerprint density at radius 2 is 2.17 bits per heavy atom. The quantitative estimate of drug-likeness (QED) is 0.326. The zero-order valence-corrected chi connectivity index (χ0v) is 3.73. The molecule has 1 aliphatic carbocycles. The maximum atomic E-state index is 2.90. The zero-order chi connectivity index (χ0) is 4.41. The summed E-state index contributed by atoms with van der Waals surface area (Å²) in [7, 11) is 0. The molecule has 0 amide bonds. The summed E-state index contributed by atoms with van der Waals surface area (Å²) < 4.78 is 0. The van der Waals surface area contributed by atoms with E-state index in [1.165, 1.54) is 0 Å². The van der Waals surface area contributed by atoms with E-state index >= 15 is 0 Å². The van der Waals surface area contributed by atoms with Crippen LogP contribution in [0.5, 0.6) is 0 Å². The molecule has 0 atom stereocenters. The third kappa shape index (κ3) is 0.621. The van der Waals surface area contributed by atoms with Crippen LogP contribution in [0, 0.1) is 17.8 Å². The van der Waals surface area contributed by atoms with Crippen LogP contribution in [-0.2, 0) is 0 Å². The van der Waals surface area contributed by atoms with Gasteiger partial charge in [0.2, 0.25) is 0 Å². The summed E-state index contributed by atoms with van der Waals surface area (Å²) in [5.41, 5.74) is 0. The zero-order valence-electron chi connectivity index (χ0n) is 3.73. The Bertz CT molecular complexity index is 113. The molecule has 0 aromatic heterocycles. The van der Waals surface area contributed by atoms with Crippen molar-refractivity contribution in [3.63, 3.8) is 0 Å². The number of hydrogen-bond donors (Lipinski definition) is 0. The van der Waals surface area contributed by atoms with Crippen molar-refractivity contribution >= 4 is 0 Å². The first kappa shape index (κ1) is 3.49. The maximum Gasteiger partial charge on any atom is 0.0992 e. The lowest BCUT2D eigenvalue weighted by molar-refractivity contribution is 1.28. The fourth-order valence-electron chi connectivity index (χ4n) is 0.337. The average molecular weight is 78.1 g/mol. The monoisotopic (exact) mass is 78.0 g/mol. The van der Waals surface area contributed by atoms with Crippen molar-refractivity contribution in [2.75, 3.05) is 0 Å². The van der Waals surface area contributed by atoms with Crippen molar-refractivity contribution in [3.05, 3.63) is 12.2 Å². The summed E-state index contributed by atoms with van der Waals surface area (Å²) >= 11 is 0.